The first kappa shape index (κ1) is 11.0. The van der Waals surface area contributed by atoms with Gasteiger partial charge in [-0.05, 0) is 18.9 Å². The second-order valence-electron chi connectivity index (χ2n) is 4.30. The van der Waals surface area contributed by atoms with Gasteiger partial charge in [0.15, 0.2) is 5.82 Å². The van der Waals surface area contributed by atoms with Crippen LogP contribution in [-0.4, -0.2) is 30.4 Å². The molecule has 2 rings (SSSR count). The van der Waals surface area contributed by atoms with E-state index in [1.165, 1.54) is 0 Å². The van der Waals surface area contributed by atoms with E-state index in [2.05, 4.69) is 10.3 Å². The van der Waals surface area contributed by atoms with Gasteiger partial charge in [0.2, 0.25) is 5.88 Å². The zero-order valence-electron chi connectivity index (χ0n) is 9.36. The molecule has 0 atom stereocenters. The summed E-state index contributed by atoms with van der Waals surface area (Å²) in [7, 11) is 1.57. The third-order valence-electron chi connectivity index (χ3n) is 3.03. The average molecular weight is 223 g/mol. The number of methoxy groups -OCH3 is 1. The molecule has 0 spiro atoms. The summed E-state index contributed by atoms with van der Waals surface area (Å²) in [5, 5.41) is 12.4. The van der Waals surface area contributed by atoms with E-state index < -0.39 is 0 Å². The van der Waals surface area contributed by atoms with Crippen LogP contribution in [-0.2, 0) is 0 Å². The molecular weight excluding hydrogens is 206 g/mol. The molecule has 0 bridgehead atoms. The number of aromatic nitrogens is 1. The molecule has 1 fully saturated rings. The molecule has 1 aliphatic rings. The fourth-order valence-corrected chi connectivity index (χ4v) is 1.55. The zero-order chi connectivity index (χ0) is 11.6. The number of aliphatic hydroxyl groups excluding tert-OH is 1. The van der Waals surface area contributed by atoms with Crippen LogP contribution in [0.2, 0.25) is 0 Å². The summed E-state index contributed by atoms with van der Waals surface area (Å²) in [6, 6.07) is 3.48. The molecule has 1 aromatic heterocycles. The van der Waals surface area contributed by atoms with Crippen molar-refractivity contribution in [2.45, 2.75) is 12.8 Å². The molecule has 0 aromatic carbocycles. The zero-order valence-corrected chi connectivity index (χ0v) is 9.36. The van der Waals surface area contributed by atoms with E-state index in [-0.39, 0.29) is 12.0 Å². The monoisotopic (exact) mass is 223 g/mol. The summed E-state index contributed by atoms with van der Waals surface area (Å²) in [6.45, 7) is 0.914. The number of anilines is 2. The van der Waals surface area contributed by atoms with Crippen LogP contribution in [0.25, 0.3) is 0 Å². The van der Waals surface area contributed by atoms with Gasteiger partial charge in [0.25, 0.3) is 0 Å². The highest BCUT2D eigenvalue weighted by Crippen LogP contribution is 2.45. The van der Waals surface area contributed by atoms with Crippen molar-refractivity contribution in [3.8, 4) is 5.88 Å². The van der Waals surface area contributed by atoms with Crippen LogP contribution >= 0.6 is 0 Å². The van der Waals surface area contributed by atoms with Crippen molar-refractivity contribution < 1.29 is 9.84 Å². The molecule has 4 N–H and O–H groups in total. The highest BCUT2D eigenvalue weighted by Gasteiger charge is 2.41. The highest BCUT2D eigenvalue weighted by atomic mass is 16.5. The number of hydrogen-bond acceptors (Lipinski definition) is 5. The minimum absolute atomic E-state index is 0.0389. The van der Waals surface area contributed by atoms with Gasteiger partial charge in [-0.2, -0.15) is 4.98 Å². The maximum Gasteiger partial charge on any atom is 0.215 e. The van der Waals surface area contributed by atoms with Crippen LogP contribution in [0.1, 0.15) is 12.8 Å². The van der Waals surface area contributed by atoms with Crippen LogP contribution in [0, 0.1) is 5.41 Å². The van der Waals surface area contributed by atoms with Crippen LogP contribution in [0.15, 0.2) is 12.1 Å². The SMILES string of the molecule is COc1ccc(N)c(NCC2(CO)CC2)n1. The van der Waals surface area contributed by atoms with E-state index in [9.17, 15) is 5.11 Å². The molecule has 0 aliphatic heterocycles. The van der Waals surface area contributed by atoms with E-state index in [1.54, 1.807) is 19.2 Å². The van der Waals surface area contributed by atoms with Gasteiger partial charge in [-0.25, -0.2) is 0 Å². The van der Waals surface area contributed by atoms with Crippen molar-refractivity contribution in [1.29, 1.82) is 0 Å². The number of hydrogen-bond donors (Lipinski definition) is 3. The fourth-order valence-electron chi connectivity index (χ4n) is 1.55. The molecule has 0 saturated heterocycles. The maximum atomic E-state index is 9.19. The molecule has 5 nitrogen and oxygen atoms in total. The first-order valence-electron chi connectivity index (χ1n) is 5.34. The average Bonchev–Trinajstić information content (AvgIpc) is 3.09. The molecular formula is C11H17N3O2. The van der Waals surface area contributed by atoms with Gasteiger partial charge >= 0.3 is 0 Å². The minimum atomic E-state index is 0.0389. The summed E-state index contributed by atoms with van der Waals surface area (Å²) in [5.74, 6) is 1.16. The Hall–Kier alpha value is -1.49. The smallest absolute Gasteiger partial charge is 0.215 e. The topological polar surface area (TPSA) is 80.4 Å². The van der Waals surface area contributed by atoms with Gasteiger partial charge < -0.3 is 20.9 Å². The number of aliphatic hydroxyl groups is 1. The van der Waals surface area contributed by atoms with Gasteiger partial charge in [-0.3, -0.25) is 0 Å². The number of nitrogen functional groups attached to an aromatic ring is 1. The second-order valence-corrected chi connectivity index (χ2v) is 4.30. The Morgan fingerprint density at radius 2 is 2.31 bits per heavy atom. The molecule has 5 heteroatoms. The van der Waals surface area contributed by atoms with Crippen LogP contribution in [0.3, 0.4) is 0 Å². The van der Waals surface area contributed by atoms with Gasteiger partial charge in [0, 0.05) is 18.0 Å². The summed E-state index contributed by atoms with van der Waals surface area (Å²) in [6.07, 6.45) is 2.11. The van der Waals surface area contributed by atoms with Crippen LogP contribution in [0.5, 0.6) is 5.88 Å². The third kappa shape index (κ3) is 2.19. The Balaban J connectivity index is 2.03. The molecule has 0 unspecified atom stereocenters. The van der Waals surface area contributed by atoms with Crippen molar-refractivity contribution in [2.24, 2.45) is 5.41 Å². The molecule has 88 valence electrons. The number of pyridine rings is 1. The quantitative estimate of drug-likeness (QED) is 0.689. The van der Waals surface area contributed by atoms with Gasteiger partial charge in [0.1, 0.15) is 0 Å². The summed E-state index contributed by atoms with van der Waals surface area (Å²) >= 11 is 0. The van der Waals surface area contributed by atoms with E-state index in [4.69, 9.17) is 10.5 Å². The third-order valence-corrected chi connectivity index (χ3v) is 3.03. The van der Waals surface area contributed by atoms with Crippen molar-refractivity contribution in [1.82, 2.24) is 4.98 Å². The Labute approximate surface area is 94.6 Å². The highest BCUT2D eigenvalue weighted by molar-refractivity contribution is 5.62. The molecule has 1 aliphatic carbocycles. The van der Waals surface area contributed by atoms with Crippen LogP contribution < -0.4 is 15.8 Å². The lowest BCUT2D eigenvalue weighted by molar-refractivity contribution is 0.219. The number of ether oxygens (including phenoxy) is 1. The fraction of sp³-hybridized carbons (Fsp3) is 0.545. The Morgan fingerprint density at radius 3 is 2.88 bits per heavy atom. The Bertz CT molecular complexity index is 377. The van der Waals surface area contributed by atoms with Crippen LogP contribution in [0.4, 0.5) is 11.5 Å². The molecule has 1 heterocycles. The molecule has 0 amide bonds. The second kappa shape index (κ2) is 4.17. The number of rotatable bonds is 5. The molecule has 16 heavy (non-hydrogen) atoms. The number of nitrogens with two attached hydrogens (primary N) is 1. The Kier molecular flexibility index (Phi) is 2.87. The first-order valence-corrected chi connectivity index (χ1v) is 5.34. The van der Waals surface area contributed by atoms with Crippen molar-refractivity contribution in [3.63, 3.8) is 0 Å². The molecule has 1 aromatic rings. The summed E-state index contributed by atoms with van der Waals surface area (Å²) in [4.78, 5) is 4.22. The van der Waals surface area contributed by atoms with E-state index in [0.29, 0.717) is 23.9 Å². The lowest BCUT2D eigenvalue weighted by atomic mass is 10.1. The molecule has 1 saturated carbocycles. The standard InChI is InChI=1S/C11H17N3O2/c1-16-9-3-2-8(12)10(14-9)13-6-11(7-15)4-5-11/h2-3,15H,4-7,12H2,1H3,(H,13,14). The van der Waals surface area contributed by atoms with Crippen molar-refractivity contribution >= 4 is 11.5 Å². The normalized spacial score (nSPS) is 16.9. The van der Waals surface area contributed by atoms with Crippen molar-refractivity contribution in [2.75, 3.05) is 31.3 Å². The van der Waals surface area contributed by atoms with Gasteiger partial charge in [-0.15, -0.1) is 0 Å². The Morgan fingerprint density at radius 1 is 1.56 bits per heavy atom. The van der Waals surface area contributed by atoms with E-state index in [1.807, 2.05) is 0 Å². The first-order chi connectivity index (χ1) is 7.69. The number of nitrogens with one attached hydrogen (secondary N) is 1. The van der Waals surface area contributed by atoms with Crippen molar-refractivity contribution in [3.05, 3.63) is 12.1 Å². The summed E-state index contributed by atoms with van der Waals surface area (Å²) in [5.41, 5.74) is 6.42. The minimum Gasteiger partial charge on any atom is -0.481 e. The van der Waals surface area contributed by atoms with Gasteiger partial charge in [-0.1, -0.05) is 0 Å². The van der Waals surface area contributed by atoms with E-state index >= 15 is 0 Å². The summed E-state index contributed by atoms with van der Waals surface area (Å²) < 4.78 is 5.03. The maximum absolute atomic E-state index is 9.19. The predicted octanol–water partition coefficient (Wildman–Crippen LogP) is 0.857. The van der Waals surface area contributed by atoms with Gasteiger partial charge in [0.05, 0.1) is 19.4 Å². The van der Waals surface area contributed by atoms with E-state index in [0.717, 1.165) is 12.8 Å². The number of nitrogens with zero attached hydrogens (tertiary/aromatic N) is 1. The largest absolute Gasteiger partial charge is 0.481 e. The molecule has 0 radical (unpaired) electrons. The predicted molar refractivity (Wildman–Crippen MR) is 62.4 cm³/mol. The lowest BCUT2D eigenvalue weighted by Gasteiger charge is -2.14. The lowest BCUT2D eigenvalue weighted by Crippen LogP contribution is -2.20.